The van der Waals surface area contributed by atoms with Gasteiger partial charge in [0.05, 0.1) is 29.8 Å². The predicted octanol–water partition coefficient (Wildman–Crippen LogP) is 2.94. The zero-order valence-corrected chi connectivity index (χ0v) is 17.6. The van der Waals surface area contributed by atoms with Gasteiger partial charge >= 0.3 is 0 Å². The van der Waals surface area contributed by atoms with Crippen molar-refractivity contribution < 1.29 is 9.59 Å². The van der Waals surface area contributed by atoms with Crippen molar-refractivity contribution in [2.24, 2.45) is 0 Å². The van der Waals surface area contributed by atoms with Crippen molar-refractivity contribution in [1.82, 2.24) is 19.8 Å². The van der Waals surface area contributed by atoms with E-state index in [1.165, 1.54) is 0 Å². The summed E-state index contributed by atoms with van der Waals surface area (Å²) in [6.45, 7) is 3.32. The number of carbonyl (C=O) groups is 2. The third-order valence-electron chi connectivity index (χ3n) is 5.78. The lowest BCUT2D eigenvalue weighted by atomic mass is 9.80. The quantitative estimate of drug-likeness (QED) is 0.646. The number of hydrogen-bond acceptors (Lipinski definition) is 4. The van der Waals surface area contributed by atoms with Crippen LogP contribution >= 0.6 is 0 Å². The van der Waals surface area contributed by atoms with Gasteiger partial charge in [0.2, 0.25) is 11.8 Å². The summed E-state index contributed by atoms with van der Waals surface area (Å²) in [6, 6.07) is 17.8. The van der Waals surface area contributed by atoms with Crippen LogP contribution in [0.3, 0.4) is 0 Å². The highest BCUT2D eigenvalue weighted by Gasteiger charge is 2.37. The van der Waals surface area contributed by atoms with E-state index in [0.29, 0.717) is 6.54 Å². The first-order chi connectivity index (χ1) is 15.1. The molecule has 1 aliphatic heterocycles. The van der Waals surface area contributed by atoms with E-state index in [-0.39, 0.29) is 17.4 Å². The van der Waals surface area contributed by atoms with Gasteiger partial charge < -0.3 is 15.2 Å². The summed E-state index contributed by atoms with van der Waals surface area (Å²) in [5.74, 6) is -0.0922. The molecule has 0 aliphatic carbocycles. The van der Waals surface area contributed by atoms with Crippen molar-refractivity contribution in [3.8, 4) is 5.69 Å². The summed E-state index contributed by atoms with van der Waals surface area (Å²) in [4.78, 5) is 30.9. The molecule has 0 saturated carbocycles. The summed E-state index contributed by atoms with van der Waals surface area (Å²) < 4.78 is 1.87. The van der Waals surface area contributed by atoms with Crippen LogP contribution in [0.15, 0.2) is 73.3 Å². The summed E-state index contributed by atoms with van der Waals surface area (Å²) >= 11 is 0. The van der Waals surface area contributed by atoms with E-state index in [2.05, 4.69) is 32.7 Å². The van der Waals surface area contributed by atoms with E-state index in [4.69, 9.17) is 0 Å². The van der Waals surface area contributed by atoms with Gasteiger partial charge in [0.25, 0.3) is 0 Å². The van der Waals surface area contributed by atoms with Gasteiger partial charge in [-0.15, -0.1) is 0 Å². The van der Waals surface area contributed by atoms with Crippen LogP contribution in [0.5, 0.6) is 0 Å². The molecule has 7 nitrogen and oxygen atoms in total. The average Bonchev–Trinajstić information content (AvgIpc) is 3.31. The minimum Gasteiger partial charge on any atom is -0.347 e. The van der Waals surface area contributed by atoms with Crippen molar-refractivity contribution in [2.45, 2.75) is 25.3 Å². The van der Waals surface area contributed by atoms with Crippen LogP contribution in [-0.4, -0.2) is 45.9 Å². The van der Waals surface area contributed by atoms with Crippen molar-refractivity contribution in [2.75, 3.05) is 25.0 Å². The van der Waals surface area contributed by atoms with E-state index in [0.717, 1.165) is 42.9 Å². The number of rotatable bonds is 6. The minimum atomic E-state index is -0.381. The van der Waals surface area contributed by atoms with Crippen LogP contribution in [-0.2, 0) is 15.1 Å². The Hall–Kier alpha value is -3.45. The normalized spacial score (nSPS) is 15.9. The Morgan fingerprint density at radius 1 is 1.03 bits per heavy atom. The summed E-state index contributed by atoms with van der Waals surface area (Å²) in [6.07, 6.45) is 6.78. The standard InChI is InChI=1S/C24H27N5O2/c1-19(30)27-24(20-7-3-2-4-8-20)11-14-28(15-12-24)17-23(31)26-21-9-5-6-10-22(21)29-16-13-25-18-29/h2-10,13,16,18H,11-12,14-15,17H2,1H3,(H,26,31)(H,27,30). The van der Waals surface area contributed by atoms with Crippen LogP contribution in [0.1, 0.15) is 25.3 Å². The van der Waals surface area contributed by atoms with E-state index >= 15 is 0 Å². The molecule has 1 fully saturated rings. The maximum absolute atomic E-state index is 12.8. The molecule has 0 atom stereocenters. The van der Waals surface area contributed by atoms with E-state index in [1.807, 2.05) is 53.2 Å². The smallest absolute Gasteiger partial charge is 0.238 e. The number of piperidine rings is 1. The Labute approximate surface area is 182 Å². The number of hydrogen-bond donors (Lipinski definition) is 2. The third-order valence-corrected chi connectivity index (χ3v) is 5.78. The maximum atomic E-state index is 12.8. The molecule has 2 amide bonds. The fraction of sp³-hybridized carbons (Fsp3) is 0.292. The first kappa shape index (κ1) is 20.8. The molecule has 4 rings (SSSR count). The topological polar surface area (TPSA) is 79.3 Å². The minimum absolute atomic E-state index is 0.0360. The fourth-order valence-electron chi connectivity index (χ4n) is 4.27. The van der Waals surface area contributed by atoms with Crippen molar-refractivity contribution >= 4 is 17.5 Å². The van der Waals surface area contributed by atoms with Crippen molar-refractivity contribution in [1.29, 1.82) is 0 Å². The highest BCUT2D eigenvalue weighted by Crippen LogP contribution is 2.33. The van der Waals surface area contributed by atoms with Crippen LogP contribution in [0.4, 0.5) is 5.69 Å². The number of likely N-dealkylation sites (tertiary alicyclic amines) is 1. The lowest BCUT2D eigenvalue weighted by Crippen LogP contribution is -2.53. The highest BCUT2D eigenvalue weighted by atomic mass is 16.2. The second-order valence-corrected chi connectivity index (χ2v) is 7.94. The number of aromatic nitrogens is 2. The summed E-state index contributed by atoms with van der Waals surface area (Å²) in [7, 11) is 0. The Balaban J connectivity index is 1.40. The largest absolute Gasteiger partial charge is 0.347 e. The number of carbonyl (C=O) groups excluding carboxylic acids is 2. The average molecular weight is 418 g/mol. The monoisotopic (exact) mass is 417 g/mol. The molecule has 1 aromatic heterocycles. The molecule has 0 spiro atoms. The molecule has 1 saturated heterocycles. The van der Waals surface area contributed by atoms with Crippen LogP contribution in [0.2, 0.25) is 0 Å². The SMILES string of the molecule is CC(=O)NC1(c2ccccc2)CCN(CC(=O)Nc2ccccc2-n2ccnc2)CC1. The molecule has 0 radical (unpaired) electrons. The van der Waals surface area contributed by atoms with Gasteiger partial charge in [-0.05, 0) is 30.5 Å². The van der Waals surface area contributed by atoms with Gasteiger partial charge in [-0.1, -0.05) is 42.5 Å². The fourth-order valence-corrected chi connectivity index (χ4v) is 4.27. The molecule has 7 heteroatoms. The molecule has 0 bridgehead atoms. The van der Waals surface area contributed by atoms with Gasteiger partial charge in [-0.3, -0.25) is 14.5 Å². The molecule has 0 unspecified atom stereocenters. The number of amides is 2. The Morgan fingerprint density at radius 2 is 1.74 bits per heavy atom. The Kier molecular flexibility index (Phi) is 6.13. The molecule has 31 heavy (non-hydrogen) atoms. The van der Waals surface area contributed by atoms with Crippen LogP contribution in [0.25, 0.3) is 5.69 Å². The molecule has 2 aromatic carbocycles. The van der Waals surface area contributed by atoms with Gasteiger partial charge in [-0.2, -0.15) is 0 Å². The molecule has 160 valence electrons. The Morgan fingerprint density at radius 3 is 2.42 bits per heavy atom. The van der Waals surface area contributed by atoms with Gasteiger partial charge in [0, 0.05) is 32.4 Å². The van der Waals surface area contributed by atoms with E-state index in [1.54, 1.807) is 19.4 Å². The number of anilines is 1. The Bertz CT molecular complexity index is 1030. The van der Waals surface area contributed by atoms with Crippen molar-refractivity contribution in [3.63, 3.8) is 0 Å². The lowest BCUT2D eigenvalue weighted by Gasteiger charge is -2.42. The zero-order chi connectivity index (χ0) is 21.7. The zero-order valence-electron chi connectivity index (χ0n) is 17.6. The van der Waals surface area contributed by atoms with Crippen molar-refractivity contribution in [3.05, 3.63) is 78.9 Å². The summed E-state index contributed by atoms with van der Waals surface area (Å²) in [5.41, 5.74) is 2.36. The molecular weight excluding hydrogens is 390 g/mol. The highest BCUT2D eigenvalue weighted by molar-refractivity contribution is 5.94. The van der Waals surface area contributed by atoms with Gasteiger partial charge in [0.15, 0.2) is 0 Å². The molecule has 2 N–H and O–H groups in total. The third kappa shape index (κ3) is 4.83. The number of benzene rings is 2. The molecule has 2 heterocycles. The number of imidazole rings is 1. The predicted molar refractivity (Wildman–Crippen MR) is 120 cm³/mol. The number of nitrogens with one attached hydrogen (secondary N) is 2. The van der Waals surface area contributed by atoms with Gasteiger partial charge in [-0.25, -0.2) is 4.98 Å². The second-order valence-electron chi connectivity index (χ2n) is 7.94. The molecular formula is C24H27N5O2. The number of nitrogens with zero attached hydrogens (tertiary/aromatic N) is 3. The first-order valence-electron chi connectivity index (χ1n) is 10.5. The summed E-state index contributed by atoms with van der Waals surface area (Å²) in [5, 5.41) is 6.21. The molecule has 1 aliphatic rings. The van der Waals surface area contributed by atoms with E-state index < -0.39 is 0 Å². The molecule has 3 aromatic rings. The van der Waals surface area contributed by atoms with Crippen LogP contribution < -0.4 is 10.6 Å². The first-order valence-corrected chi connectivity index (χ1v) is 10.5. The number of para-hydroxylation sites is 2. The van der Waals surface area contributed by atoms with Gasteiger partial charge in [0.1, 0.15) is 0 Å². The van der Waals surface area contributed by atoms with Crippen LogP contribution in [0, 0.1) is 0 Å². The lowest BCUT2D eigenvalue weighted by molar-refractivity contribution is -0.122. The maximum Gasteiger partial charge on any atom is 0.238 e. The van der Waals surface area contributed by atoms with E-state index in [9.17, 15) is 9.59 Å². The second kappa shape index (κ2) is 9.14.